The van der Waals surface area contributed by atoms with Gasteiger partial charge in [0.1, 0.15) is 10.8 Å². The minimum absolute atomic E-state index is 0.241. The number of hydrogen-bond donors (Lipinski definition) is 1. The lowest BCUT2D eigenvalue weighted by Crippen LogP contribution is -2.35. The molecule has 1 aliphatic rings. The normalized spacial score (nSPS) is 19.9. The lowest BCUT2D eigenvalue weighted by atomic mass is 9.99. The van der Waals surface area contributed by atoms with E-state index in [-0.39, 0.29) is 11.4 Å². The van der Waals surface area contributed by atoms with Gasteiger partial charge in [0.05, 0.1) is 15.8 Å². The number of thiazole rings is 1. The molecule has 2 aromatic rings. The molecule has 4 heteroatoms. The number of hydrogen-bond acceptors (Lipinski definition) is 3. The van der Waals surface area contributed by atoms with Crippen LogP contribution in [0.25, 0.3) is 10.2 Å². The van der Waals surface area contributed by atoms with E-state index in [9.17, 15) is 4.39 Å². The van der Waals surface area contributed by atoms with Gasteiger partial charge in [0.25, 0.3) is 0 Å². The molecule has 1 fully saturated rings. The summed E-state index contributed by atoms with van der Waals surface area (Å²) in [5.41, 5.74) is 6.67. The van der Waals surface area contributed by atoms with E-state index in [1.807, 2.05) is 6.92 Å². The second-order valence-electron chi connectivity index (χ2n) is 4.69. The van der Waals surface area contributed by atoms with Crippen molar-refractivity contribution in [2.45, 2.75) is 25.3 Å². The quantitative estimate of drug-likeness (QED) is 0.870. The van der Waals surface area contributed by atoms with Crippen LogP contribution in [0.15, 0.2) is 18.2 Å². The maximum Gasteiger partial charge on any atom is 0.125 e. The Kier molecular flexibility index (Phi) is 2.06. The molecule has 1 saturated carbocycles. The molecule has 2 nitrogen and oxygen atoms in total. The van der Waals surface area contributed by atoms with Crippen molar-refractivity contribution in [2.24, 2.45) is 11.7 Å². The maximum absolute atomic E-state index is 13.0. The molecule has 0 aliphatic heterocycles. The third-order valence-electron chi connectivity index (χ3n) is 3.24. The van der Waals surface area contributed by atoms with E-state index in [2.05, 4.69) is 4.98 Å². The highest BCUT2D eigenvalue weighted by atomic mass is 32.1. The fourth-order valence-electron chi connectivity index (χ4n) is 1.99. The Morgan fingerprint density at radius 1 is 1.50 bits per heavy atom. The number of nitrogens with zero attached hydrogens (tertiary/aromatic N) is 1. The Hall–Kier alpha value is -1.00. The minimum atomic E-state index is -0.347. The summed E-state index contributed by atoms with van der Waals surface area (Å²) in [4.78, 5) is 4.46. The molecule has 1 heterocycles. The average Bonchev–Trinajstić information content (AvgIpc) is 2.99. The zero-order chi connectivity index (χ0) is 11.3. The molecule has 0 radical (unpaired) electrons. The number of rotatable bonds is 2. The van der Waals surface area contributed by atoms with Crippen LogP contribution in [0.4, 0.5) is 4.39 Å². The Morgan fingerprint density at radius 2 is 2.25 bits per heavy atom. The third kappa shape index (κ3) is 1.53. The van der Waals surface area contributed by atoms with E-state index in [1.54, 1.807) is 17.4 Å². The topological polar surface area (TPSA) is 38.9 Å². The highest BCUT2D eigenvalue weighted by molar-refractivity contribution is 7.18. The number of benzene rings is 1. The van der Waals surface area contributed by atoms with Gasteiger partial charge in [-0.25, -0.2) is 9.37 Å². The van der Waals surface area contributed by atoms with Crippen LogP contribution in [0.1, 0.15) is 24.8 Å². The second kappa shape index (κ2) is 3.25. The van der Waals surface area contributed by atoms with Gasteiger partial charge in [-0.05, 0) is 37.8 Å². The molecule has 1 aromatic carbocycles. The summed E-state index contributed by atoms with van der Waals surface area (Å²) in [6, 6.07) is 4.71. The largest absolute Gasteiger partial charge is 0.319 e. The van der Waals surface area contributed by atoms with Gasteiger partial charge >= 0.3 is 0 Å². The summed E-state index contributed by atoms with van der Waals surface area (Å²) in [7, 11) is 0. The predicted molar refractivity (Wildman–Crippen MR) is 63.8 cm³/mol. The van der Waals surface area contributed by atoms with Crippen molar-refractivity contribution in [2.75, 3.05) is 0 Å². The van der Waals surface area contributed by atoms with Crippen molar-refractivity contribution in [3.8, 4) is 0 Å². The standard InChI is InChI=1S/C12H13FN2S/c1-12(14,7-2-3-7)11-15-9-6-8(13)4-5-10(9)16-11/h4-7H,2-3,14H2,1H3. The van der Waals surface area contributed by atoms with E-state index in [1.165, 1.54) is 25.0 Å². The molecule has 1 aromatic heterocycles. The molecule has 0 bridgehead atoms. The van der Waals surface area contributed by atoms with Crippen LogP contribution in [0.5, 0.6) is 0 Å². The Balaban J connectivity index is 2.11. The van der Waals surface area contributed by atoms with Gasteiger partial charge in [0.2, 0.25) is 0 Å². The van der Waals surface area contributed by atoms with E-state index in [0.29, 0.717) is 5.92 Å². The summed E-state index contributed by atoms with van der Waals surface area (Å²) in [5.74, 6) is 0.299. The first-order valence-electron chi connectivity index (χ1n) is 5.43. The first-order chi connectivity index (χ1) is 7.57. The van der Waals surface area contributed by atoms with Crippen molar-refractivity contribution in [1.29, 1.82) is 0 Å². The van der Waals surface area contributed by atoms with Gasteiger partial charge in [-0.2, -0.15) is 0 Å². The van der Waals surface area contributed by atoms with Gasteiger partial charge in [0.15, 0.2) is 0 Å². The van der Waals surface area contributed by atoms with E-state index < -0.39 is 0 Å². The van der Waals surface area contributed by atoms with Crippen LogP contribution in [-0.2, 0) is 5.54 Å². The molecule has 0 saturated heterocycles. The van der Waals surface area contributed by atoms with Gasteiger partial charge in [-0.3, -0.25) is 0 Å². The Morgan fingerprint density at radius 3 is 2.94 bits per heavy atom. The molecule has 1 aliphatic carbocycles. The van der Waals surface area contributed by atoms with Crippen molar-refractivity contribution < 1.29 is 4.39 Å². The first kappa shape index (κ1) is 10.2. The molecule has 84 valence electrons. The number of nitrogens with two attached hydrogens (primary N) is 1. The van der Waals surface area contributed by atoms with Crippen LogP contribution in [0.2, 0.25) is 0 Å². The average molecular weight is 236 g/mol. The predicted octanol–water partition coefficient (Wildman–Crippen LogP) is 3.02. The summed E-state index contributed by atoms with van der Waals surface area (Å²) in [5, 5.41) is 0.926. The first-order valence-corrected chi connectivity index (χ1v) is 6.24. The van der Waals surface area contributed by atoms with Crippen molar-refractivity contribution in [3.63, 3.8) is 0 Å². The molecule has 3 rings (SSSR count). The van der Waals surface area contributed by atoms with Crippen molar-refractivity contribution in [1.82, 2.24) is 4.98 Å². The van der Waals surface area contributed by atoms with Gasteiger partial charge in [0, 0.05) is 6.07 Å². The Labute approximate surface area is 97.3 Å². The summed E-state index contributed by atoms with van der Waals surface area (Å²) >= 11 is 1.58. The monoisotopic (exact) mass is 236 g/mol. The Bertz CT molecular complexity index is 543. The number of fused-ring (bicyclic) bond motifs is 1. The zero-order valence-electron chi connectivity index (χ0n) is 9.03. The molecule has 1 atom stereocenters. The van der Waals surface area contributed by atoms with E-state index in [0.717, 1.165) is 15.2 Å². The summed E-state index contributed by atoms with van der Waals surface area (Å²) in [6.07, 6.45) is 2.36. The smallest absolute Gasteiger partial charge is 0.125 e. The molecular formula is C12H13FN2S. The zero-order valence-corrected chi connectivity index (χ0v) is 9.85. The van der Waals surface area contributed by atoms with Crippen molar-refractivity contribution in [3.05, 3.63) is 29.0 Å². The molecule has 16 heavy (non-hydrogen) atoms. The summed E-state index contributed by atoms with van der Waals surface area (Å²) in [6.45, 7) is 2.03. The van der Waals surface area contributed by atoms with Crippen molar-refractivity contribution >= 4 is 21.6 Å². The second-order valence-corrected chi connectivity index (χ2v) is 5.72. The molecule has 1 unspecified atom stereocenters. The fraction of sp³-hybridized carbons (Fsp3) is 0.417. The van der Waals surface area contributed by atoms with Crippen LogP contribution in [-0.4, -0.2) is 4.98 Å². The fourth-order valence-corrected chi connectivity index (χ4v) is 3.07. The van der Waals surface area contributed by atoms with Gasteiger partial charge in [-0.15, -0.1) is 11.3 Å². The van der Waals surface area contributed by atoms with E-state index in [4.69, 9.17) is 5.73 Å². The molecule has 0 spiro atoms. The van der Waals surface area contributed by atoms with Gasteiger partial charge in [-0.1, -0.05) is 0 Å². The van der Waals surface area contributed by atoms with E-state index >= 15 is 0 Å². The number of aromatic nitrogens is 1. The van der Waals surface area contributed by atoms with Crippen LogP contribution >= 0.6 is 11.3 Å². The maximum atomic E-state index is 13.0. The lowest BCUT2D eigenvalue weighted by molar-refractivity contribution is 0.426. The highest BCUT2D eigenvalue weighted by Crippen LogP contribution is 2.45. The minimum Gasteiger partial charge on any atom is -0.319 e. The molecule has 2 N–H and O–H groups in total. The summed E-state index contributed by atoms with van der Waals surface area (Å²) < 4.78 is 14.1. The van der Waals surface area contributed by atoms with Crippen LogP contribution < -0.4 is 5.73 Å². The highest BCUT2D eigenvalue weighted by Gasteiger charge is 2.41. The number of halogens is 1. The molecular weight excluding hydrogens is 223 g/mol. The lowest BCUT2D eigenvalue weighted by Gasteiger charge is -2.20. The molecule has 0 amide bonds. The third-order valence-corrected chi connectivity index (χ3v) is 4.53. The van der Waals surface area contributed by atoms with Crippen LogP contribution in [0.3, 0.4) is 0 Å². The van der Waals surface area contributed by atoms with Crippen LogP contribution in [0, 0.1) is 11.7 Å². The SMILES string of the molecule is CC(N)(c1nc2cc(F)ccc2s1)C1CC1. The van der Waals surface area contributed by atoms with Gasteiger partial charge < -0.3 is 5.73 Å².